The minimum absolute atomic E-state index is 0.191. The number of hydrogen-bond donors (Lipinski definition) is 1. The van der Waals surface area contributed by atoms with Crippen molar-refractivity contribution in [2.24, 2.45) is 23.2 Å². The summed E-state index contributed by atoms with van der Waals surface area (Å²) in [6, 6.07) is 0. The molecule has 1 fully saturated rings. The van der Waals surface area contributed by atoms with E-state index < -0.39 is 0 Å². The Balaban J connectivity index is 2.28. The first-order valence-electron chi connectivity index (χ1n) is 9.13. The van der Waals surface area contributed by atoms with Crippen LogP contribution in [0.1, 0.15) is 86.0 Å². The Morgan fingerprint density at radius 2 is 2.05 bits per heavy atom. The normalized spacial score (nSPS) is 27.6. The first-order chi connectivity index (χ1) is 9.86. The third kappa shape index (κ3) is 6.55. The molecule has 3 atom stereocenters. The second kappa shape index (κ2) is 8.98. The maximum absolute atomic E-state index is 8.87. The van der Waals surface area contributed by atoms with Crippen molar-refractivity contribution in [3.8, 4) is 0 Å². The van der Waals surface area contributed by atoms with Gasteiger partial charge in [-0.25, -0.2) is 0 Å². The molecule has 1 aliphatic carbocycles. The van der Waals surface area contributed by atoms with Crippen molar-refractivity contribution < 1.29 is 5.11 Å². The van der Waals surface area contributed by atoms with E-state index in [1.165, 1.54) is 50.5 Å². The van der Waals surface area contributed by atoms with Crippen molar-refractivity contribution in [2.45, 2.75) is 86.0 Å². The van der Waals surface area contributed by atoms with Gasteiger partial charge < -0.3 is 5.11 Å². The molecule has 0 aromatic carbocycles. The molecule has 21 heavy (non-hydrogen) atoms. The SMILES string of the molecule is C/C(=C\CO)CCC[C@@H](C)CC[C@H]1[C@@H](C)CCCC1(C)C. The third-order valence-corrected chi connectivity index (χ3v) is 5.85. The lowest BCUT2D eigenvalue weighted by Gasteiger charge is -2.43. The summed E-state index contributed by atoms with van der Waals surface area (Å²) in [6.07, 6.45) is 12.8. The Labute approximate surface area is 133 Å². The Hall–Kier alpha value is -0.300. The largest absolute Gasteiger partial charge is 0.392 e. The van der Waals surface area contributed by atoms with E-state index in [0.29, 0.717) is 5.41 Å². The fourth-order valence-corrected chi connectivity index (χ4v) is 4.31. The average Bonchev–Trinajstić information content (AvgIpc) is 2.37. The Morgan fingerprint density at radius 3 is 2.67 bits per heavy atom. The van der Waals surface area contributed by atoms with Gasteiger partial charge in [0.2, 0.25) is 0 Å². The van der Waals surface area contributed by atoms with E-state index in [2.05, 4.69) is 34.6 Å². The summed E-state index contributed by atoms with van der Waals surface area (Å²) in [6.45, 7) is 12.2. The molecular weight excluding hydrogens is 256 g/mol. The van der Waals surface area contributed by atoms with Gasteiger partial charge in [0, 0.05) is 0 Å². The molecule has 0 bridgehead atoms. The number of aliphatic hydroxyl groups excluding tert-OH is 1. The number of allylic oxidation sites excluding steroid dienone is 1. The molecular formula is C20H38O. The van der Waals surface area contributed by atoms with Gasteiger partial charge in [-0.05, 0) is 55.8 Å². The molecule has 124 valence electrons. The van der Waals surface area contributed by atoms with Crippen LogP contribution in [0, 0.1) is 23.2 Å². The molecule has 0 aromatic rings. The summed E-state index contributed by atoms with van der Waals surface area (Å²) < 4.78 is 0. The molecule has 0 heterocycles. The number of aliphatic hydroxyl groups is 1. The summed E-state index contributed by atoms with van der Waals surface area (Å²) in [5, 5.41) is 8.87. The summed E-state index contributed by atoms with van der Waals surface area (Å²) in [5.41, 5.74) is 1.89. The van der Waals surface area contributed by atoms with Gasteiger partial charge in [-0.15, -0.1) is 0 Å². The quantitative estimate of drug-likeness (QED) is 0.546. The molecule has 1 aliphatic rings. The van der Waals surface area contributed by atoms with Crippen LogP contribution in [-0.4, -0.2) is 11.7 Å². The lowest BCUT2D eigenvalue weighted by Crippen LogP contribution is -2.33. The van der Waals surface area contributed by atoms with Crippen LogP contribution in [0.5, 0.6) is 0 Å². The maximum Gasteiger partial charge on any atom is 0.0614 e. The Bertz CT molecular complexity index is 316. The Morgan fingerprint density at radius 1 is 1.33 bits per heavy atom. The molecule has 0 aliphatic heterocycles. The fourth-order valence-electron chi connectivity index (χ4n) is 4.31. The second-order valence-corrected chi connectivity index (χ2v) is 8.27. The predicted octanol–water partition coefficient (Wildman–Crippen LogP) is 5.97. The van der Waals surface area contributed by atoms with Gasteiger partial charge in [0.15, 0.2) is 0 Å². The third-order valence-electron chi connectivity index (χ3n) is 5.85. The lowest BCUT2D eigenvalue weighted by atomic mass is 9.62. The zero-order chi connectivity index (χ0) is 15.9. The van der Waals surface area contributed by atoms with E-state index in [1.807, 2.05) is 6.08 Å². The van der Waals surface area contributed by atoms with Crippen LogP contribution in [0.3, 0.4) is 0 Å². The van der Waals surface area contributed by atoms with Crippen molar-refractivity contribution in [2.75, 3.05) is 6.61 Å². The van der Waals surface area contributed by atoms with Crippen LogP contribution in [0.15, 0.2) is 11.6 Å². The molecule has 1 N–H and O–H groups in total. The molecule has 0 unspecified atom stereocenters. The van der Waals surface area contributed by atoms with Gasteiger partial charge in [-0.2, -0.15) is 0 Å². The second-order valence-electron chi connectivity index (χ2n) is 8.27. The van der Waals surface area contributed by atoms with Crippen LogP contribution >= 0.6 is 0 Å². The van der Waals surface area contributed by atoms with Crippen LogP contribution in [0.25, 0.3) is 0 Å². The molecule has 1 heteroatoms. The van der Waals surface area contributed by atoms with Crippen LogP contribution in [0.4, 0.5) is 0 Å². The van der Waals surface area contributed by atoms with Crippen molar-refractivity contribution in [1.82, 2.24) is 0 Å². The highest BCUT2D eigenvalue weighted by atomic mass is 16.2. The smallest absolute Gasteiger partial charge is 0.0614 e. The molecule has 0 amide bonds. The lowest BCUT2D eigenvalue weighted by molar-refractivity contribution is 0.0707. The van der Waals surface area contributed by atoms with E-state index in [9.17, 15) is 0 Å². The van der Waals surface area contributed by atoms with Crippen LogP contribution < -0.4 is 0 Å². The van der Waals surface area contributed by atoms with Gasteiger partial charge in [0.25, 0.3) is 0 Å². The van der Waals surface area contributed by atoms with Crippen molar-refractivity contribution in [3.05, 3.63) is 11.6 Å². The zero-order valence-corrected chi connectivity index (χ0v) is 15.1. The molecule has 1 nitrogen and oxygen atoms in total. The van der Waals surface area contributed by atoms with E-state index in [4.69, 9.17) is 5.11 Å². The van der Waals surface area contributed by atoms with E-state index in [1.54, 1.807) is 0 Å². The molecule has 1 saturated carbocycles. The molecule has 0 aromatic heterocycles. The van der Waals surface area contributed by atoms with Crippen LogP contribution in [-0.2, 0) is 0 Å². The molecule has 0 radical (unpaired) electrons. The number of rotatable bonds is 8. The monoisotopic (exact) mass is 294 g/mol. The average molecular weight is 295 g/mol. The molecule has 0 saturated heterocycles. The van der Waals surface area contributed by atoms with Gasteiger partial charge in [-0.3, -0.25) is 0 Å². The first kappa shape index (κ1) is 18.7. The van der Waals surface area contributed by atoms with E-state index in [0.717, 1.165) is 24.2 Å². The standard InChI is InChI=1S/C20H38O/c1-16(8-6-9-17(2)13-15-21)11-12-19-18(3)10-7-14-20(19,4)5/h13,16,18-19,21H,6-12,14-15H2,1-5H3/b17-13+/t16-,18+,19+/m1/s1. The topological polar surface area (TPSA) is 20.2 Å². The van der Waals surface area contributed by atoms with Crippen LogP contribution in [0.2, 0.25) is 0 Å². The van der Waals surface area contributed by atoms with Gasteiger partial charge in [0.05, 0.1) is 6.61 Å². The first-order valence-corrected chi connectivity index (χ1v) is 9.13. The molecule has 1 rings (SSSR count). The van der Waals surface area contributed by atoms with E-state index >= 15 is 0 Å². The highest BCUT2D eigenvalue weighted by molar-refractivity contribution is 4.97. The van der Waals surface area contributed by atoms with Crippen molar-refractivity contribution in [3.63, 3.8) is 0 Å². The minimum atomic E-state index is 0.191. The summed E-state index contributed by atoms with van der Waals surface area (Å²) in [4.78, 5) is 0. The summed E-state index contributed by atoms with van der Waals surface area (Å²) >= 11 is 0. The van der Waals surface area contributed by atoms with E-state index in [-0.39, 0.29) is 6.61 Å². The minimum Gasteiger partial charge on any atom is -0.392 e. The van der Waals surface area contributed by atoms with Crippen molar-refractivity contribution in [1.29, 1.82) is 0 Å². The van der Waals surface area contributed by atoms with Gasteiger partial charge in [0.1, 0.15) is 0 Å². The zero-order valence-electron chi connectivity index (χ0n) is 15.1. The highest BCUT2D eigenvalue weighted by Gasteiger charge is 2.36. The fraction of sp³-hybridized carbons (Fsp3) is 0.900. The highest BCUT2D eigenvalue weighted by Crippen LogP contribution is 2.46. The van der Waals surface area contributed by atoms with Gasteiger partial charge >= 0.3 is 0 Å². The van der Waals surface area contributed by atoms with Crippen molar-refractivity contribution >= 4 is 0 Å². The summed E-state index contributed by atoms with van der Waals surface area (Å²) in [7, 11) is 0. The summed E-state index contributed by atoms with van der Waals surface area (Å²) in [5.74, 6) is 2.68. The Kier molecular flexibility index (Phi) is 8.02. The number of hydrogen-bond acceptors (Lipinski definition) is 1. The predicted molar refractivity (Wildman–Crippen MR) is 93.4 cm³/mol. The maximum atomic E-state index is 8.87. The molecule has 0 spiro atoms. The van der Waals surface area contributed by atoms with Gasteiger partial charge in [-0.1, -0.05) is 65.0 Å².